The zero-order chi connectivity index (χ0) is 12.4. The normalized spacial score (nSPS) is 17.2. The van der Waals surface area contributed by atoms with Crippen LogP contribution in [-0.4, -0.2) is 13.1 Å². The molecule has 1 aliphatic carbocycles. The van der Waals surface area contributed by atoms with E-state index in [1.54, 1.807) is 6.92 Å². The average Bonchev–Trinajstić information content (AvgIpc) is 3.13. The zero-order valence-electron chi connectivity index (χ0n) is 10.4. The molecule has 3 heteroatoms. The van der Waals surface area contributed by atoms with Gasteiger partial charge in [0.1, 0.15) is 11.6 Å². The Morgan fingerprint density at radius 1 is 1.35 bits per heavy atom. The Bertz CT molecular complexity index is 399. The van der Waals surface area contributed by atoms with Gasteiger partial charge in [0.15, 0.2) is 0 Å². The highest BCUT2D eigenvalue weighted by Crippen LogP contribution is 2.34. The monoisotopic (exact) mass is 239 g/mol. The van der Waals surface area contributed by atoms with Gasteiger partial charge in [0.05, 0.1) is 0 Å². The fourth-order valence-corrected chi connectivity index (χ4v) is 2.36. The van der Waals surface area contributed by atoms with Crippen LogP contribution in [0.1, 0.15) is 30.4 Å². The smallest absolute Gasteiger partial charge is 0.132 e. The molecule has 1 nitrogen and oxygen atoms in total. The highest BCUT2D eigenvalue weighted by atomic mass is 19.1. The van der Waals surface area contributed by atoms with Crippen molar-refractivity contribution in [2.24, 2.45) is 5.92 Å². The van der Waals surface area contributed by atoms with E-state index in [4.69, 9.17) is 0 Å². The molecule has 1 N–H and O–H groups in total. The molecular formula is C14H19F2N. The number of aryl methyl sites for hydroxylation is 1. The predicted molar refractivity (Wildman–Crippen MR) is 65.0 cm³/mol. The van der Waals surface area contributed by atoms with E-state index in [1.807, 2.05) is 7.05 Å². The van der Waals surface area contributed by atoms with E-state index >= 15 is 0 Å². The van der Waals surface area contributed by atoms with E-state index in [0.29, 0.717) is 23.9 Å². The Balaban J connectivity index is 2.05. The molecule has 0 aromatic heterocycles. The quantitative estimate of drug-likeness (QED) is 0.832. The first-order chi connectivity index (χ1) is 8.13. The van der Waals surface area contributed by atoms with E-state index in [0.717, 1.165) is 6.42 Å². The van der Waals surface area contributed by atoms with Gasteiger partial charge in [0.2, 0.25) is 0 Å². The van der Waals surface area contributed by atoms with Gasteiger partial charge in [0, 0.05) is 11.6 Å². The van der Waals surface area contributed by atoms with Gasteiger partial charge in [-0.25, -0.2) is 8.78 Å². The lowest BCUT2D eigenvalue weighted by Crippen LogP contribution is -2.28. The van der Waals surface area contributed by atoms with Crippen LogP contribution in [0.4, 0.5) is 8.78 Å². The Morgan fingerprint density at radius 3 is 2.65 bits per heavy atom. The van der Waals surface area contributed by atoms with Gasteiger partial charge < -0.3 is 5.32 Å². The standard InChI is InChI=1S/C14H19F2N/c1-9-3-7-12(15)11(14(9)16)6-8-13(17-2)10-4-5-10/h3,7,10,13,17H,4-6,8H2,1-2H3. The summed E-state index contributed by atoms with van der Waals surface area (Å²) in [7, 11) is 1.92. The first-order valence-corrected chi connectivity index (χ1v) is 6.24. The van der Waals surface area contributed by atoms with Gasteiger partial charge in [-0.1, -0.05) is 6.07 Å². The van der Waals surface area contributed by atoms with E-state index in [9.17, 15) is 8.78 Å². The minimum atomic E-state index is -0.418. The maximum absolute atomic E-state index is 13.8. The third-order valence-corrected chi connectivity index (χ3v) is 3.65. The number of nitrogens with one attached hydrogen (secondary N) is 1. The van der Waals surface area contributed by atoms with Crippen molar-refractivity contribution in [2.75, 3.05) is 7.05 Å². The lowest BCUT2D eigenvalue weighted by Gasteiger charge is -2.16. The van der Waals surface area contributed by atoms with Crippen molar-refractivity contribution in [3.05, 3.63) is 34.9 Å². The molecule has 94 valence electrons. The van der Waals surface area contributed by atoms with Crippen LogP contribution in [0.25, 0.3) is 0 Å². The summed E-state index contributed by atoms with van der Waals surface area (Å²) in [5, 5.41) is 3.24. The van der Waals surface area contributed by atoms with Crippen molar-refractivity contribution in [3.63, 3.8) is 0 Å². The maximum atomic E-state index is 13.8. The molecule has 1 unspecified atom stereocenters. The second kappa shape index (κ2) is 5.13. The fourth-order valence-electron chi connectivity index (χ4n) is 2.36. The molecule has 0 spiro atoms. The summed E-state index contributed by atoms with van der Waals surface area (Å²) < 4.78 is 27.3. The number of hydrogen-bond donors (Lipinski definition) is 1. The van der Waals surface area contributed by atoms with Crippen LogP contribution < -0.4 is 5.32 Å². The predicted octanol–water partition coefficient (Wildman–Crippen LogP) is 3.20. The Morgan fingerprint density at radius 2 is 2.06 bits per heavy atom. The molecule has 0 heterocycles. The van der Waals surface area contributed by atoms with Crippen molar-refractivity contribution < 1.29 is 8.78 Å². The van der Waals surface area contributed by atoms with Gasteiger partial charge in [-0.2, -0.15) is 0 Å². The van der Waals surface area contributed by atoms with E-state index in [2.05, 4.69) is 5.32 Å². The van der Waals surface area contributed by atoms with Crippen molar-refractivity contribution in [1.82, 2.24) is 5.32 Å². The van der Waals surface area contributed by atoms with Gasteiger partial charge >= 0.3 is 0 Å². The minimum Gasteiger partial charge on any atom is -0.317 e. The largest absolute Gasteiger partial charge is 0.317 e. The van der Waals surface area contributed by atoms with E-state index in [-0.39, 0.29) is 11.4 Å². The van der Waals surface area contributed by atoms with Crippen molar-refractivity contribution in [2.45, 2.75) is 38.6 Å². The first-order valence-electron chi connectivity index (χ1n) is 6.24. The van der Waals surface area contributed by atoms with Gasteiger partial charge in [-0.15, -0.1) is 0 Å². The van der Waals surface area contributed by atoms with E-state index in [1.165, 1.54) is 25.0 Å². The third kappa shape index (κ3) is 2.83. The van der Waals surface area contributed by atoms with Crippen molar-refractivity contribution in [1.29, 1.82) is 0 Å². The van der Waals surface area contributed by atoms with Crippen LogP contribution in [0.5, 0.6) is 0 Å². The Labute approximate surface area is 101 Å². The lowest BCUT2D eigenvalue weighted by atomic mass is 10.00. The summed E-state index contributed by atoms with van der Waals surface area (Å²) in [4.78, 5) is 0. The number of rotatable bonds is 5. The third-order valence-electron chi connectivity index (χ3n) is 3.65. The molecule has 1 aliphatic rings. The topological polar surface area (TPSA) is 12.0 Å². The molecule has 1 fully saturated rings. The number of halogens is 2. The van der Waals surface area contributed by atoms with Crippen LogP contribution in [0.3, 0.4) is 0 Å². The molecule has 1 saturated carbocycles. The van der Waals surface area contributed by atoms with Crippen LogP contribution >= 0.6 is 0 Å². The van der Waals surface area contributed by atoms with Gasteiger partial charge in [-0.05, 0) is 57.2 Å². The van der Waals surface area contributed by atoms with Crippen LogP contribution in [-0.2, 0) is 6.42 Å². The molecule has 1 aromatic carbocycles. The molecule has 1 aromatic rings. The molecule has 0 aliphatic heterocycles. The molecule has 17 heavy (non-hydrogen) atoms. The van der Waals surface area contributed by atoms with Crippen molar-refractivity contribution >= 4 is 0 Å². The Kier molecular flexibility index (Phi) is 3.77. The number of hydrogen-bond acceptors (Lipinski definition) is 1. The lowest BCUT2D eigenvalue weighted by molar-refractivity contribution is 0.456. The van der Waals surface area contributed by atoms with Gasteiger partial charge in [-0.3, -0.25) is 0 Å². The second-order valence-corrected chi connectivity index (χ2v) is 4.93. The molecule has 0 saturated heterocycles. The van der Waals surface area contributed by atoms with Crippen LogP contribution in [0, 0.1) is 24.5 Å². The Hall–Kier alpha value is -0.960. The molecule has 1 atom stereocenters. The summed E-state index contributed by atoms with van der Waals surface area (Å²) in [5.74, 6) is -0.0923. The molecule has 0 bridgehead atoms. The highest BCUT2D eigenvalue weighted by Gasteiger charge is 2.30. The molecule has 0 radical (unpaired) electrons. The average molecular weight is 239 g/mol. The summed E-state index contributed by atoms with van der Waals surface area (Å²) in [6.45, 7) is 1.68. The van der Waals surface area contributed by atoms with Gasteiger partial charge in [0.25, 0.3) is 0 Å². The SMILES string of the molecule is CNC(CCc1c(F)ccc(C)c1F)C1CC1. The molecule has 2 rings (SSSR count). The maximum Gasteiger partial charge on any atom is 0.132 e. The number of benzene rings is 1. The molecule has 0 amide bonds. The van der Waals surface area contributed by atoms with Crippen LogP contribution in [0.15, 0.2) is 12.1 Å². The first kappa shape index (κ1) is 12.5. The van der Waals surface area contributed by atoms with Crippen molar-refractivity contribution in [3.8, 4) is 0 Å². The van der Waals surface area contributed by atoms with Crippen LogP contribution in [0.2, 0.25) is 0 Å². The highest BCUT2D eigenvalue weighted by molar-refractivity contribution is 5.26. The van der Waals surface area contributed by atoms with E-state index < -0.39 is 5.82 Å². The summed E-state index contributed by atoms with van der Waals surface area (Å²) in [5.41, 5.74) is 0.764. The molecular weight excluding hydrogens is 220 g/mol. The summed E-state index contributed by atoms with van der Waals surface area (Å²) in [6.07, 6.45) is 3.76. The second-order valence-electron chi connectivity index (χ2n) is 4.93. The summed E-state index contributed by atoms with van der Waals surface area (Å²) >= 11 is 0. The zero-order valence-corrected chi connectivity index (χ0v) is 10.4. The summed E-state index contributed by atoms with van der Waals surface area (Å²) in [6, 6.07) is 3.25. The fraction of sp³-hybridized carbons (Fsp3) is 0.571. The minimum absolute atomic E-state index is 0.242.